The Hall–Kier alpha value is -10.0. The van der Waals surface area contributed by atoms with Gasteiger partial charge >= 0.3 is 124 Å². The molecule has 14 heterocycles. The largest absolute Gasteiger partial charge is 2.00 e. The SMILES string of the molecule is CC.CC.CC.CC.CC.CC.CC.CC.CC.CC.CC.CC.CC.CC.CC.Cc1cccc2c1C[CH-]N2c1[c-]cccn1.Cc1cccc2c1C[N+](c1[c-]nccc1)=[C-]2.Cc1cccc2c1C[n+]1cc3cccnc3n1-2.[C-]1=[N+](c2[c-]nccc2)Cc2c1ccc1c2Cc2ccccc2-1.[U+2].[U+2].[U+2].[U+2].[c-]1cccnc1N1[CH-]Cc2c1ccc1c2Cc2ccccc2-1.c1ccc2c(c1)Cc1c-2ccc2c1C[n+]1cc3cccnc3n1-2. The van der Waals surface area contributed by atoms with Gasteiger partial charge in [-0.05, 0) is 172 Å². The molecule has 0 saturated carbocycles. The predicted molar refractivity (Wildman–Crippen MR) is 624 cm³/mol. The number of hydrogen-bond acceptors (Lipinski definition) is 8. The summed E-state index contributed by atoms with van der Waals surface area (Å²) < 4.78 is 13.2. The van der Waals surface area contributed by atoms with E-state index < -0.39 is 0 Å². The Labute approximate surface area is 1000 Å². The summed E-state index contributed by atoms with van der Waals surface area (Å²) in [6.07, 6.45) is 33.1. The number of aromatic nitrogens is 10. The van der Waals surface area contributed by atoms with Gasteiger partial charge in [-0.2, -0.15) is 24.3 Å². The van der Waals surface area contributed by atoms with Crippen molar-refractivity contribution in [2.75, 3.05) is 9.80 Å². The molecule has 8 aromatic heterocycles. The normalized spacial score (nSPS) is 11.3. The van der Waals surface area contributed by atoms with Crippen molar-refractivity contribution in [1.29, 1.82) is 0 Å². The number of hydrogen-bond donors (Lipinski definition) is 0. The third kappa shape index (κ3) is 32.1. The van der Waals surface area contributed by atoms with E-state index in [-0.39, 0.29) is 124 Å². The molecule has 26 rings (SSSR count). The van der Waals surface area contributed by atoms with Crippen LogP contribution in [-0.2, 0) is 58.3 Å². The van der Waals surface area contributed by atoms with Gasteiger partial charge < -0.3 is 19.8 Å². The fraction of sp³-hybridized carbons (Fsp3) is 0.318. The summed E-state index contributed by atoms with van der Waals surface area (Å²) in [6, 6.07) is 88.8. The smallest absolute Gasteiger partial charge is 0.494 e. The van der Waals surface area contributed by atoms with E-state index in [4.69, 9.17) is 0 Å². The maximum atomic E-state index is 4.59. The van der Waals surface area contributed by atoms with Crippen LogP contribution in [0.1, 0.15) is 302 Å². The van der Waals surface area contributed by atoms with Crippen LogP contribution in [0.25, 0.3) is 66.8 Å². The molecule has 0 saturated heterocycles. The van der Waals surface area contributed by atoms with Crippen LogP contribution >= 0.6 is 0 Å². The van der Waals surface area contributed by atoms with Gasteiger partial charge in [0.1, 0.15) is 24.5 Å². The second-order valence-electron chi connectivity index (χ2n) is 30.3. The maximum absolute atomic E-state index is 4.59. The molecule has 18 heteroatoms. The first kappa shape index (κ1) is 136. The first-order valence-electron chi connectivity index (χ1n) is 54.6. The molecule has 6 aliphatic heterocycles. The van der Waals surface area contributed by atoms with Gasteiger partial charge in [0.25, 0.3) is 0 Å². The van der Waals surface area contributed by atoms with Crippen LogP contribution in [0, 0.1) is 183 Å². The zero-order chi connectivity index (χ0) is 107. The minimum atomic E-state index is 0. The molecule has 776 valence electrons. The molecule has 0 unspecified atom stereocenters. The van der Waals surface area contributed by atoms with Crippen LogP contribution in [0.5, 0.6) is 0 Å². The summed E-state index contributed by atoms with van der Waals surface area (Å²) in [4.78, 5) is 30.2. The molecule has 9 aliphatic rings. The van der Waals surface area contributed by atoms with E-state index in [1.807, 2.05) is 287 Å². The van der Waals surface area contributed by atoms with Gasteiger partial charge in [0, 0.05) is 46.8 Å². The van der Waals surface area contributed by atoms with Crippen LogP contribution in [-0.4, -0.2) is 60.8 Å². The van der Waals surface area contributed by atoms with Crippen LogP contribution < -0.4 is 19.2 Å². The fourth-order valence-electron chi connectivity index (χ4n) is 18.1. The van der Waals surface area contributed by atoms with Crippen molar-refractivity contribution in [2.24, 2.45) is 0 Å². The van der Waals surface area contributed by atoms with E-state index in [1.54, 1.807) is 18.6 Å². The molecule has 0 N–H and O–H groups in total. The van der Waals surface area contributed by atoms with Gasteiger partial charge in [0.05, 0.1) is 21.9 Å². The monoisotopic (exact) mass is 2900 g/mol. The Morgan fingerprint density at radius 2 is 0.607 bits per heavy atom. The zero-order valence-electron chi connectivity index (χ0n) is 96.4. The fourth-order valence-corrected chi connectivity index (χ4v) is 18.1. The quantitative estimate of drug-likeness (QED) is 0.127. The number of pyridine rings is 6. The number of anilines is 4. The topological polar surface area (TPSA) is 107 Å². The van der Waals surface area contributed by atoms with Crippen molar-refractivity contribution < 1.29 is 143 Å². The molecule has 0 radical (unpaired) electrons. The third-order valence-electron chi connectivity index (χ3n) is 23.7. The summed E-state index contributed by atoms with van der Waals surface area (Å²) in [5, 5.41) is 2.39. The molecule has 0 bridgehead atoms. The summed E-state index contributed by atoms with van der Waals surface area (Å²) in [6.45, 7) is 74.4. The Morgan fingerprint density at radius 1 is 0.267 bits per heavy atom. The molecule has 0 amide bonds. The molecule has 150 heavy (non-hydrogen) atoms. The van der Waals surface area contributed by atoms with Crippen LogP contribution in [0.2, 0.25) is 0 Å². The molecule has 17 aromatic rings. The summed E-state index contributed by atoms with van der Waals surface area (Å²) in [5.41, 5.74) is 41.0. The van der Waals surface area contributed by atoms with Gasteiger partial charge in [-0.3, -0.25) is 19.1 Å². The van der Waals surface area contributed by atoms with Crippen molar-refractivity contribution in [1.82, 2.24) is 39.3 Å². The number of rotatable bonds is 4. The van der Waals surface area contributed by atoms with Crippen LogP contribution in [0.3, 0.4) is 0 Å². The molecule has 0 fully saturated rings. The Morgan fingerprint density at radius 3 is 1.03 bits per heavy atom. The van der Waals surface area contributed by atoms with E-state index in [2.05, 4.69) is 327 Å². The first-order chi connectivity index (χ1) is 72.3. The molecule has 9 aromatic carbocycles. The van der Waals surface area contributed by atoms with Crippen molar-refractivity contribution in [2.45, 2.75) is 287 Å². The number of nitrogens with zero attached hydrogens (tertiary/aromatic N) is 14. The van der Waals surface area contributed by atoms with Gasteiger partial charge in [-0.25, -0.2) is 47.3 Å². The maximum Gasteiger partial charge on any atom is 2.00 e. The minimum Gasteiger partial charge on any atom is -0.494 e. The first-order valence-corrected chi connectivity index (χ1v) is 54.6. The number of aryl methyl sites for hydroxylation is 3. The van der Waals surface area contributed by atoms with E-state index >= 15 is 0 Å². The summed E-state index contributed by atoms with van der Waals surface area (Å²) in [5.74, 6) is 1.74. The average Bonchev–Trinajstić information content (AvgIpc) is 1.57. The van der Waals surface area contributed by atoms with E-state index in [0.29, 0.717) is 0 Å². The molecule has 3 aliphatic carbocycles. The van der Waals surface area contributed by atoms with Gasteiger partial charge in [0.15, 0.2) is 19.0 Å². The van der Waals surface area contributed by atoms with Crippen molar-refractivity contribution >= 4 is 68.9 Å². The van der Waals surface area contributed by atoms with E-state index in [0.717, 1.165) is 92.6 Å². The predicted octanol–water partition coefficient (Wildman–Crippen LogP) is 33.9. The van der Waals surface area contributed by atoms with E-state index in [9.17, 15) is 0 Å². The van der Waals surface area contributed by atoms with Gasteiger partial charge in [-0.1, -0.05) is 400 Å². The van der Waals surface area contributed by atoms with Gasteiger partial charge in [-0.15, -0.1) is 61.9 Å². The van der Waals surface area contributed by atoms with Crippen molar-refractivity contribution in [3.05, 3.63) is 418 Å². The van der Waals surface area contributed by atoms with Crippen molar-refractivity contribution in [3.63, 3.8) is 0 Å². The Bertz CT molecular complexity index is 6830. The molecular formula is C132H166N14U4+4. The van der Waals surface area contributed by atoms with Crippen LogP contribution in [0.15, 0.2) is 286 Å². The number of fused-ring (bicyclic) bond motifs is 26. The molecule has 0 spiro atoms. The van der Waals surface area contributed by atoms with Crippen LogP contribution in [0.4, 0.5) is 34.4 Å². The standard InChI is InChI=1S/C20H14N3.C20H14N2.C20H13N2.C14H12N3.C14H11N2.C14H12N2.15C2H6.4U/c1-2-6-15-13(4-1)10-17-16(15)7-8-19-18(17)12-22-11-14-5-3-9-21-20(14)23(19)22;1-2-6-15-14(5-1)13-18-16(15)8-9-19-17(18)10-12-22(19)20-7-3-4-11-21-20;1-2-6-17-14(4-1)10-19-18(17)8-7-15-12-22(13-20(15)19)16-5-3-9-21-11-16;1-10-4-2-6-13-12(10)9-16-8-11-5-3-7-15-14(11)17(13)16;1-11-4-2-5-12-9-16(10-14(11)12)13-6-3-7-15-8-13;1-11-5-4-6-13-12(11)8-10-16(13)14-7-2-3-9-15-14;15*1-2;;;;/h1-9,11H,10,12H2;1-6,8-9,11-12H,10,13H2;1-9H,10,13H2;2-8H,9H2,1H3;2-7H,10H2,1H3;2-6,9-10H,8H2,1H3;15*1-2H3;;;;/q+1;-2;-1;+1;-1;-2;;;;;;;;;;;;;;;;4*+2. The molecular weight excluding hydrogens is 2730 g/mol. The molecule has 0 atom stereocenters. The third-order valence-corrected chi connectivity index (χ3v) is 23.7. The second-order valence-corrected chi connectivity index (χ2v) is 30.3. The summed E-state index contributed by atoms with van der Waals surface area (Å²) >= 11 is 0. The zero-order valence-corrected chi connectivity index (χ0v) is 113. The molecule has 14 nitrogen and oxygen atoms in total. The minimum absolute atomic E-state index is 0. The summed E-state index contributed by atoms with van der Waals surface area (Å²) in [7, 11) is 0. The number of benzene rings is 9. The van der Waals surface area contributed by atoms with E-state index in [1.165, 1.54) is 161 Å². The van der Waals surface area contributed by atoms with Gasteiger partial charge in [0.2, 0.25) is 30.2 Å². The average molecular weight is 2900 g/mol. The Balaban J connectivity index is 0.000000577. The van der Waals surface area contributed by atoms with Crippen molar-refractivity contribution in [3.8, 4) is 44.8 Å². The Kier molecular flexibility index (Phi) is 67.2. The second kappa shape index (κ2) is 74.1.